The Morgan fingerprint density at radius 1 is 1.42 bits per heavy atom. The summed E-state index contributed by atoms with van der Waals surface area (Å²) in [6.45, 7) is 0. The molecular weight excluding hydrogens is 200 g/mol. The summed E-state index contributed by atoms with van der Waals surface area (Å²) in [5, 5.41) is 4.80. The van der Waals surface area contributed by atoms with Gasteiger partial charge in [0.2, 0.25) is 10.0 Å². The lowest BCUT2D eigenvalue weighted by Gasteiger charge is -1.88. The van der Waals surface area contributed by atoms with Gasteiger partial charge in [0, 0.05) is 0 Å². The van der Waals surface area contributed by atoms with Crippen molar-refractivity contribution in [3.05, 3.63) is 17.0 Å². The molecule has 0 radical (unpaired) electrons. The average molecular weight is 206 g/mol. The van der Waals surface area contributed by atoms with Gasteiger partial charge in [0.1, 0.15) is 4.21 Å². The van der Waals surface area contributed by atoms with Crippen molar-refractivity contribution in [2.45, 2.75) is 4.21 Å². The number of hydrogen-bond donors (Lipinski definition) is 2. The summed E-state index contributed by atoms with van der Waals surface area (Å²) in [6, 6.07) is 2.58. The van der Waals surface area contributed by atoms with Gasteiger partial charge < -0.3 is 5.73 Å². The normalized spacial score (nSPS) is 11.4. The van der Waals surface area contributed by atoms with E-state index in [4.69, 9.17) is 10.9 Å². The monoisotopic (exact) mass is 206 g/mol. The van der Waals surface area contributed by atoms with Crippen LogP contribution in [0.4, 0.5) is 0 Å². The van der Waals surface area contributed by atoms with Crippen LogP contribution in [0.1, 0.15) is 9.67 Å². The first-order valence-corrected chi connectivity index (χ1v) is 5.20. The van der Waals surface area contributed by atoms with Gasteiger partial charge in [0.05, 0.1) is 4.88 Å². The molecule has 1 aromatic heterocycles. The number of primary amides is 1. The van der Waals surface area contributed by atoms with Crippen LogP contribution < -0.4 is 10.9 Å². The largest absolute Gasteiger partial charge is 0.365 e. The van der Waals surface area contributed by atoms with Crippen LogP contribution in [0.25, 0.3) is 0 Å². The van der Waals surface area contributed by atoms with E-state index in [1.807, 2.05) is 0 Å². The summed E-state index contributed by atoms with van der Waals surface area (Å²) in [6.07, 6.45) is 0. The third-order valence-corrected chi connectivity index (χ3v) is 3.64. The van der Waals surface area contributed by atoms with Crippen LogP contribution in [0.5, 0.6) is 0 Å². The fourth-order valence-electron chi connectivity index (χ4n) is 0.605. The molecule has 0 spiro atoms. The predicted octanol–water partition coefficient (Wildman–Crippen LogP) is -0.506. The Kier molecular flexibility index (Phi) is 2.18. The van der Waals surface area contributed by atoms with E-state index in [2.05, 4.69) is 0 Å². The highest BCUT2D eigenvalue weighted by Gasteiger charge is 2.12. The average Bonchev–Trinajstić information content (AvgIpc) is 2.30. The fourth-order valence-corrected chi connectivity index (χ4v) is 2.19. The van der Waals surface area contributed by atoms with Crippen molar-refractivity contribution in [3.8, 4) is 0 Å². The minimum Gasteiger partial charge on any atom is -0.365 e. The third-order valence-electron chi connectivity index (χ3n) is 1.10. The maximum absolute atomic E-state index is 10.7. The van der Waals surface area contributed by atoms with Crippen LogP contribution in [0.2, 0.25) is 0 Å². The Morgan fingerprint density at radius 2 is 2.00 bits per heavy atom. The fraction of sp³-hybridized carbons (Fsp3) is 0. The van der Waals surface area contributed by atoms with Gasteiger partial charge in [-0.1, -0.05) is 0 Å². The molecule has 7 heteroatoms. The lowest BCUT2D eigenvalue weighted by molar-refractivity contribution is 0.100. The number of amides is 1. The molecule has 0 bridgehead atoms. The molecule has 1 heterocycles. The standard InChI is InChI=1S/C5H6N2O3S2/c6-5(8)3-1-2-4(11-3)12(7,9)10/h1-2H,(H2,6,8)(H2,7,9,10). The van der Waals surface area contributed by atoms with Crippen molar-refractivity contribution in [2.75, 3.05) is 0 Å². The minimum absolute atomic E-state index is 0.0590. The molecule has 0 aromatic carbocycles. The molecule has 1 rings (SSSR count). The first kappa shape index (κ1) is 9.17. The van der Waals surface area contributed by atoms with Gasteiger partial charge in [-0.05, 0) is 12.1 Å². The highest BCUT2D eigenvalue weighted by molar-refractivity contribution is 7.91. The van der Waals surface area contributed by atoms with E-state index in [0.717, 1.165) is 11.3 Å². The Morgan fingerprint density at radius 3 is 2.25 bits per heavy atom. The zero-order valence-electron chi connectivity index (χ0n) is 5.85. The lowest BCUT2D eigenvalue weighted by Crippen LogP contribution is -2.10. The van der Waals surface area contributed by atoms with Crippen LogP contribution in [0, 0.1) is 0 Å². The second kappa shape index (κ2) is 2.85. The van der Waals surface area contributed by atoms with Crippen LogP contribution in [0.3, 0.4) is 0 Å². The van der Waals surface area contributed by atoms with Crippen LogP contribution in [0.15, 0.2) is 16.3 Å². The molecule has 1 aromatic rings. The number of rotatable bonds is 2. The summed E-state index contributed by atoms with van der Waals surface area (Å²) in [7, 11) is -3.70. The number of carbonyl (C=O) groups excluding carboxylic acids is 1. The molecule has 0 unspecified atom stereocenters. The first-order valence-electron chi connectivity index (χ1n) is 2.83. The predicted molar refractivity (Wildman–Crippen MR) is 44.2 cm³/mol. The molecule has 0 saturated carbocycles. The number of nitrogens with two attached hydrogens (primary N) is 2. The molecule has 0 aliphatic carbocycles. The topological polar surface area (TPSA) is 103 Å². The van der Waals surface area contributed by atoms with Crippen molar-refractivity contribution in [1.82, 2.24) is 0 Å². The second-order valence-electron chi connectivity index (χ2n) is 2.03. The molecule has 12 heavy (non-hydrogen) atoms. The van der Waals surface area contributed by atoms with Crippen molar-refractivity contribution < 1.29 is 13.2 Å². The number of carbonyl (C=O) groups is 1. The van der Waals surface area contributed by atoms with Gasteiger partial charge in [-0.15, -0.1) is 11.3 Å². The van der Waals surface area contributed by atoms with E-state index in [0.29, 0.717) is 0 Å². The minimum atomic E-state index is -3.70. The number of primary sulfonamides is 1. The Balaban J connectivity index is 3.17. The van der Waals surface area contributed by atoms with E-state index in [-0.39, 0.29) is 9.09 Å². The molecule has 66 valence electrons. The molecule has 1 amide bonds. The lowest BCUT2D eigenvalue weighted by atomic mass is 10.5. The van der Waals surface area contributed by atoms with Gasteiger partial charge in [-0.2, -0.15) is 0 Å². The summed E-state index contributed by atoms with van der Waals surface area (Å²) < 4.78 is 21.4. The maximum atomic E-state index is 10.7. The van der Waals surface area contributed by atoms with E-state index >= 15 is 0 Å². The van der Waals surface area contributed by atoms with Gasteiger partial charge in [0.15, 0.2) is 0 Å². The smallest absolute Gasteiger partial charge is 0.258 e. The number of sulfonamides is 1. The van der Waals surface area contributed by atoms with E-state index in [1.54, 1.807) is 0 Å². The Hall–Kier alpha value is -0.920. The molecule has 0 saturated heterocycles. The van der Waals surface area contributed by atoms with Gasteiger partial charge in [-0.3, -0.25) is 4.79 Å². The highest BCUT2D eigenvalue weighted by Crippen LogP contribution is 2.19. The summed E-state index contributed by atoms with van der Waals surface area (Å²) in [5.41, 5.74) is 4.91. The molecule has 0 atom stereocenters. The van der Waals surface area contributed by atoms with Crippen LogP contribution in [-0.4, -0.2) is 14.3 Å². The van der Waals surface area contributed by atoms with Crippen molar-refractivity contribution in [1.29, 1.82) is 0 Å². The molecule has 0 aliphatic heterocycles. The zero-order valence-corrected chi connectivity index (χ0v) is 7.48. The van der Waals surface area contributed by atoms with Crippen molar-refractivity contribution >= 4 is 27.3 Å². The summed E-state index contributed by atoms with van der Waals surface area (Å²) in [4.78, 5) is 10.7. The van der Waals surface area contributed by atoms with Crippen LogP contribution in [-0.2, 0) is 10.0 Å². The van der Waals surface area contributed by atoms with Gasteiger partial charge in [-0.25, -0.2) is 13.6 Å². The van der Waals surface area contributed by atoms with Gasteiger partial charge in [0.25, 0.3) is 5.91 Å². The molecule has 0 aliphatic rings. The van der Waals surface area contributed by atoms with E-state index in [9.17, 15) is 13.2 Å². The van der Waals surface area contributed by atoms with Gasteiger partial charge >= 0.3 is 0 Å². The van der Waals surface area contributed by atoms with Crippen molar-refractivity contribution in [3.63, 3.8) is 0 Å². The summed E-state index contributed by atoms with van der Waals surface area (Å²) >= 11 is 0.760. The zero-order chi connectivity index (χ0) is 9.35. The van der Waals surface area contributed by atoms with Crippen molar-refractivity contribution in [2.24, 2.45) is 10.9 Å². The molecule has 5 nitrogen and oxygen atoms in total. The molecular formula is C5H6N2O3S2. The summed E-state index contributed by atoms with van der Waals surface area (Å²) in [5.74, 6) is -0.657. The van der Waals surface area contributed by atoms with Crippen LogP contribution >= 0.6 is 11.3 Å². The SMILES string of the molecule is NC(=O)c1ccc(S(N)(=O)=O)s1. The maximum Gasteiger partial charge on any atom is 0.258 e. The Bertz CT molecular complexity index is 406. The first-order chi connectivity index (χ1) is 5.41. The quantitative estimate of drug-likeness (QED) is 0.681. The third kappa shape index (κ3) is 1.81. The highest BCUT2D eigenvalue weighted by atomic mass is 32.2. The van der Waals surface area contributed by atoms with E-state index < -0.39 is 15.9 Å². The Labute approximate surface area is 73.0 Å². The van der Waals surface area contributed by atoms with E-state index in [1.165, 1.54) is 12.1 Å². The molecule has 4 N–H and O–H groups in total. The second-order valence-corrected chi connectivity index (χ2v) is 4.90. The number of thiophene rings is 1. The molecule has 0 fully saturated rings. The number of hydrogen-bond acceptors (Lipinski definition) is 4.